The number of nitrogens with zero attached hydrogens (tertiary/aromatic N) is 1. The van der Waals surface area contributed by atoms with Crippen molar-refractivity contribution in [2.24, 2.45) is 16.8 Å². The zero-order chi connectivity index (χ0) is 11.8. The molecule has 0 heterocycles. The van der Waals surface area contributed by atoms with Gasteiger partial charge in [0.05, 0.1) is 0 Å². The molecule has 1 rings (SSSR count). The lowest BCUT2D eigenvalue weighted by atomic mass is 10.4. The molecule has 0 bridgehead atoms. The normalized spacial score (nSPS) is 15.8. The van der Waals surface area contributed by atoms with Crippen molar-refractivity contribution < 1.29 is 4.79 Å². The van der Waals surface area contributed by atoms with E-state index < -0.39 is 0 Å². The zero-order valence-corrected chi connectivity index (χ0v) is 9.75. The quantitative estimate of drug-likeness (QED) is 0.159. The second-order valence-electron chi connectivity index (χ2n) is 3.87. The fraction of sp³-hybridized carbons (Fsp3) is 0.800. The number of nitrogens with two attached hydrogens (primary N) is 1. The molecule has 0 unspecified atom stereocenters. The predicted molar refractivity (Wildman–Crippen MR) is 63.7 cm³/mol. The number of nitrogens with one attached hydrogen (secondary N) is 3. The number of hydrogen-bond acceptors (Lipinski definition) is 3. The fourth-order valence-corrected chi connectivity index (χ4v) is 1.23. The summed E-state index contributed by atoms with van der Waals surface area (Å²) >= 11 is 0. The van der Waals surface area contributed by atoms with Crippen LogP contribution in [0.2, 0.25) is 0 Å². The van der Waals surface area contributed by atoms with Crippen molar-refractivity contribution >= 4 is 11.9 Å². The summed E-state index contributed by atoms with van der Waals surface area (Å²) in [4.78, 5) is 15.5. The van der Waals surface area contributed by atoms with Crippen LogP contribution in [0.5, 0.6) is 0 Å². The van der Waals surface area contributed by atoms with E-state index in [1.807, 2.05) is 6.92 Å². The molecule has 1 aliphatic rings. The van der Waals surface area contributed by atoms with Gasteiger partial charge in [0.25, 0.3) is 0 Å². The molecule has 1 aliphatic carbocycles. The summed E-state index contributed by atoms with van der Waals surface area (Å²) in [5.74, 6) is 6.28. The van der Waals surface area contributed by atoms with Gasteiger partial charge in [0.15, 0.2) is 0 Å². The van der Waals surface area contributed by atoms with Crippen LogP contribution in [0.4, 0.5) is 0 Å². The van der Waals surface area contributed by atoms with Crippen molar-refractivity contribution in [1.29, 1.82) is 0 Å². The molecule has 0 atom stereocenters. The minimum absolute atomic E-state index is 0.162. The van der Waals surface area contributed by atoms with Gasteiger partial charge in [-0.05, 0) is 19.3 Å². The van der Waals surface area contributed by atoms with Crippen LogP contribution < -0.4 is 21.9 Å². The first-order valence-corrected chi connectivity index (χ1v) is 5.80. The van der Waals surface area contributed by atoms with Crippen LogP contribution in [0.15, 0.2) is 4.99 Å². The van der Waals surface area contributed by atoms with Crippen LogP contribution in [0.3, 0.4) is 0 Å². The van der Waals surface area contributed by atoms with E-state index in [2.05, 4.69) is 21.1 Å². The Hall–Kier alpha value is -1.30. The maximum absolute atomic E-state index is 11.3. The van der Waals surface area contributed by atoms with Crippen molar-refractivity contribution in [1.82, 2.24) is 16.1 Å². The summed E-state index contributed by atoms with van der Waals surface area (Å²) in [5, 5.41) is 5.87. The molecule has 1 fully saturated rings. The van der Waals surface area contributed by atoms with E-state index in [-0.39, 0.29) is 11.8 Å². The molecule has 6 heteroatoms. The Kier molecular flexibility index (Phi) is 5.63. The van der Waals surface area contributed by atoms with Gasteiger partial charge in [-0.25, -0.2) is 5.84 Å². The van der Waals surface area contributed by atoms with Crippen molar-refractivity contribution in [2.45, 2.75) is 26.2 Å². The number of carbonyl (C=O) groups is 1. The molecule has 1 amide bonds. The lowest BCUT2D eigenvalue weighted by Gasteiger charge is -2.09. The highest BCUT2D eigenvalue weighted by molar-refractivity contribution is 5.81. The first kappa shape index (κ1) is 12.8. The molecule has 0 aromatic heterocycles. The topological polar surface area (TPSA) is 91.5 Å². The van der Waals surface area contributed by atoms with Gasteiger partial charge in [-0.3, -0.25) is 15.2 Å². The number of rotatable bonds is 6. The van der Waals surface area contributed by atoms with Crippen LogP contribution in [0.25, 0.3) is 0 Å². The second kappa shape index (κ2) is 7.05. The molecule has 0 aliphatic heterocycles. The summed E-state index contributed by atoms with van der Waals surface area (Å²) in [6, 6.07) is 0. The third-order valence-corrected chi connectivity index (χ3v) is 2.30. The van der Waals surface area contributed by atoms with Crippen LogP contribution in [0.1, 0.15) is 26.2 Å². The smallest absolute Gasteiger partial charge is 0.223 e. The lowest BCUT2D eigenvalue weighted by molar-refractivity contribution is -0.122. The Morgan fingerprint density at radius 3 is 2.62 bits per heavy atom. The van der Waals surface area contributed by atoms with Gasteiger partial charge in [-0.1, -0.05) is 6.92 Å². The maximum Gasteiger partial charge on any atom is 0.223 e. The van der Waals surface area contributed by atoms with E-state index in [1.165, 1.54) is 0 Å². The largest absolute Gasteiger partial charge is 0.354 e. The minimum Gasteiger partial charge on any atom is -0.354 e. The number of hydrazine groups is 1. The number of amides is 1. The average Bonchev–Trinajstić information content (AvgIpc) is 3.11. The van der Waals surface area contributed by atoms with Crippen LogP contribution in [0, 0.1) is 5.92 Å². The third kappa shape index (κ3) is 4.97. The maximum atomic E-state index is 11.3. The van der Waals surface area contributed by atoms with Gasteiger partial charge >= 0.3 is 0 Å². The number of carbonyl (C=O) groups excluding carboxylic acids is 1. The van der Waals surface area contributed by atoms with E-state index in [0.717, 1.165) is 25.8 Å². The molecule has 1 saturated carbocycles. The SMILES string of the molecule is CCCN=C(NN)NCCNC(=O)C1CC1. The molecule has 0 radical (unpaired) electrons. The average molecular weight is 227 g/mol. The minimum atomic E-state index is 0.162. The Morgan fingerprint density at radius 2 is 2.06 bits per heavy atom. The van der Waals surface area contributed by atoms with Crippen molar-refractivity contribution in [3.63, 3.8) is 0 Å². The first-order chi connectivity index (χ1) is 7.77. The summed E-state index contributed by atoms with van der Waals surface area (Å²) in [6.07, 6.45) is 3.05. The number of aliphatic imine (C=N–C) groups is 1. The summed E-state index contributed by atoms with van der Waals surface area (Å²) in [7, 11) is 0. The molecule has 92 valence electrons. The molecule has 0 aromatic carbocycles. The van der Waals surface area contributed by atoms with Gasteiger partial charge in [0.1, 0.15) is 0 Å². The van der Waals surface area contributed by atoms with E-state index in [4.69, 9.17) is 5.84 Å². The van der Waals surface area contributed by atoms with Crippen molar-refractivity contribution in [3.8, 4) is 0 Å². The lowest BCUT2D eigenvalue weighted by Crippen LogP contribution is -2.44. The van der Waals surface area contributed by atoms with Crippen molar-refractivity contribution in [2.75, 3.05) is 19.6 Å². The monoisotopic (exact) mass is 227 g/mol. The molecular weight excluding hydrogens is 206 g/mol. The fourth-order valence-electron chi connectivity index (χ4n) is 1.23. The number of hydrogen-bond donors (Lipinski definition) is 4. The van der Waals surface area contributed by atoms with Gasteiger partial charge in [-0.15, -0.1) is 0 Å². The summed E-state index contributed by atoms with van der Waals surface area (Å²) in [5.41, 5.74) is 2.49. The molecular formula is C10H21N5O. The highest BCUT2D eigenvalue weighted by Gasteiger charge is 2.28. The van der Waals surface area contributed by atoms with Gasteiger partial charge in [-0.2, -0.15) is 0 Å². The van der Waals surface area contributed by atoms with E-state index >= 15 is 0 Å². The summed E-state index contributed by atoms with van der Waals surface area (Å²) in [6.45, 7) is 4.02. The van der Waals surface area contributed by atoms with Gasteiger partial charge in [0.2, 0.25) is 11.9 Å². The van der Waals surface area contributed by atoms with E-state index in [9.17, 15) is 4.79 Å². The molecule has 0 aromatic rings. The van der Waals surface area contributed by atoms with Crippen LogP contribution >= 0.6 is 0 Å². The summed E-state index contributed by atoms with van der Waals surface area (Å²) < 4.78 is 0. The van der Waals surface area contributed by atoms with Crippen LogP contribution in [-0.4, -0.2) is 31.5 Å². The molecule has 16 heavy (non-hydrogen) atoms. The third-order valence-electron chi connectivity index (χ3n) is 2.30. The predicted octanol–water partition coefficient (Wildman–Crippen LogP) is -0.668. The molecule has 5 N–H and O–H groups in total. The first-order valence-electron chi connectivity index (χ1n) is 5.80. The Morgan fingerprint density at radius 1 is 1.38 bits per heavy atom. The number of guanidine groups is 1. The standard InChI is InChI=1S/C10H21N5O/c1-2-5-13-10(15-11)14-7-6-12-9(16)8-3-4-8/h8H,2-7,11H2,1H3,(H,12,16)(H2,13,14,15). The van der Waals surface area contributed by atoms with Gasteiger partial charge < -0.3 is 10.6 Å². The Labute approximate surface area is 96.0 Å². The Balaban J connectivity index is 2.05. The molecule has 0 spiro atoms. The van der Waals surface area contributed by atoms with E-state index in [0.29, 0.717) is 19.0 Å². The van der Waals surface area contributed by atoms with Crippen LogP contribution in [-0.2, 0) is 4.79 Å². The second-order valence-corrected chi connectivity index (χ2v) is 3.87. The zero-order valence-electron chi connectivity index (χ0n) is 9.75. The Bertz CT molecular complexity index is 250. The highest BCUT2D eigenvalue weighted by Crippen LogP contribution is 2.28. The molecule has 6 nitrogen and oxygen atoms in total. The van der Waals surface area contributed by atoms with E-state index in [1.54, 1.807) is 0 Å². The van der Waals surface area contributed by atoms with Crippen molar-refractivity contribution in [3.05, 3.63) is 0 Å². The molecule has 0 saturated heterocycles. The highest BCUT2D eigenvalue weighted by atomic mass is 16.2. The van der Waals surface area contributed by atoms with Gasteiger partial charge in [0, 0.05) is 25.6 Å².